The first-order valence-corrected chi connectivity index (χ1v) is 14.1. The lowest BCUT2D eigenvalue weighted by molar-refractivity contribution is -0.137. The van der Waals surface area contributed by atoms with E-state index in [9.17, 15) is 43.8 Å². The number of carbonyl (C=O) groups excluding carboxylic acids is 7. The van der Waals surface area contributed by atoms with Crippen LogP contribution in [0, 0.1) is 17.8 Å². The van der Waals surface area contributed by atoms with Crippen molar-refractivity contribution in [3.8, 4) is 0 Å². The number of carbonyl (C=O) groups is 7. The van der Waals surface area contributed by atoms with Gasteiger partial charge in [-0.3, -0.25) is 33.6 Å². The summed E-state index contributed by atoms with van der Waals surface area (Å²) in [7, 11) is 0. The van der Waals surface area contributed by atoms with E-state index in [1.165, 1.54) is 20.8 Å². The van der Waals surface area contributed by atoms with Gasteiger partial charge in [-0.2, -0.15) is 0 Å². The maximum atomic E-state index is 13.3. The van der Waals surface area contributed by atoms with Crippen molar-refractivity contribution in [2.24, 2.45) is 23.5 Å². The van der Waals surface area contributed by atoms with E-state index >= 15 is 0 Å². The van der Waals surface area contributed by atoms with Crippen molar-refractivity contribution in [2.75, 3.05) is 6.61 Å². The molecule has 7 amide bonds. The molecule has 246 valence electrons. The summed E-state index contributed by atoms with van der Waals surface area (Å²) in [5.41, 5.74) is 5.19. The highest BCUT2D eigenvalue weighted by atomic mass is 16.3. The summed E-state index contributed by atoms with van der Waals surface area (Å²) >= 11 is 0. The first kappa shape index (κ1) is 39.2. The normalized spacial score (nSPS) is 16.1. The van der Waals surface area contributed by atoms with Gasteiger partial charge < -0.3 is 47.8 Å². The Morgan fingerprint density at radius 3 is 1.21 bits per heavy atom. The molecule has 0 fully saturated rings. The number of hydrogen-bond donors (Lipinski definition) is 9. The van der Waals surface area contributed by atoms with Crippen LogP contribution in [-0.2, 0) is 33.6 Å². The summed E-state index contributed by atoms with van der Waals surface area (Å²) in [6.45, 7) is 13.1. The van der Waals surface area contributed by atoms with E-state index in [1.54, 1.807) is 41.5 Å². The van der Waals surface area contributed by atoms with Gasteiger partial charge in [-0.25, -0.2) is 0 Å². The number of nitrogens with two attached hydrogens (primary N) is 1. The number of nitrogens with one attached hydrogen (secondary N) is 6. The minimum atomic E-state index is -1.37. The second-order valence-electron chi connectivity index (χ2n) is 11.5. The van der Waals surface area contributed by atoms with Crippen LogP contribution in [0.2, 0.25) is 0 Å². The fourth-order valence-electron chi connectivity index (χ4n) is 3.86. The molecular weight excluding hydrogens is 566 g/mol. The van der Waals surface area contributed by atoms with Gasteiger partial charge in [0, 0.05) is 6.92 Å². The van der Waals surface area contributed by atoms with Gasteiger partial charge in [-0.15, -0.1) is 0 Å². The van der Waals surface area contributed by atoms with Gasteiger partial charge >= 0.3 is 0 Å². The summed E-state index contributed by atoms with van der Waals surface area (Å²) in [6, 6.07) is -7.21. The fraction of sp³-hybridized carbons (Fsp3) is 0.741. The number of aliphatic hydroxyl groups excluding tert-OH is 2. The molecule has 0 bridgehead atoms. The van der Waals surface area contributed by atoms with Crippen LogP contribution >= 0.6 is 0 Å². The lowest BCUT2D eigenvalue weighted by Gasteiger charge is -2.30. The van der Waals surface area contributed by atoms with Crippen molar-refractivity contribution in [1.29, 1.82) is 0 Å². The average Bonchev–Trinajstić information content (AvgIpc) is 2.88. The molecule has 0 heterocycles. The number of primary amides is 1. The third-order valence-electron chi connectivity index (χ3n) is 6.46. The first-order chi connectivity index (χ1) is 19.7. The van der Waals surface area contributed by atoms with Gasteiger partial charge in [0.25, 0.3) is 0 Å². The molecule has 0 aliphatic rings. The molecule has 0 spiro atoms. The summed E-state index contributed by atoms with van der Waals surface area (Å²) in [4.78, 5) is 87.5. The Bertz CT molecular complexity index is 1020. The van der Waals surface area contributed by atoms with E-state index in [-0.39, 0.29) is 0 Å². The van der Waals surface area contributed by atoms with Gasteiger partial charge in [0.05, 0.1) is 12.7 Å². The number of aliphatic hydroxyl groups is 2. The minimum Gasteiger partial charge on any atom is -0.394 e. The molecule has 10 N–H and O–H groups in total. The van der Waals surface area contributed by atoms with Gasteiger partial charge in [0.15, 0.2) is 0 Å². The molecule has 0 unspecified atom stereocenters. The highest BCUT2D eigenvalue weighted by molar-refractivity contribution is 5.97. The van der Waals surface area contributed by atoms with Gasteiger partial charge in [-0.1, -0.05) is 41.5 Å². The van der Waals surface area contributed by atoms with Crippen LogP contribution in [0.15, 0.2) is 0 Å². The Labute approximate surface area is 252 Å². The molecule has 0 aromatic carbocycles. The number of amides is 7. The molecule has 0 saturated carbocycles. The highest BCUT2D eigenvalue weighted by Crippen LogP contribution is 2.10. The number of rotatable bonds is 17. The third-order valence-corrected chi connectivity index (χ3v) is 6.46. The quantitative estimate of drug-likeness (QED) is 0.0795. The van der Waals surface area contributed by atoms with Crippen molar-refractivity contribution >= 4 is 41.4 Å². The molecule has 0 rings (SSSR count). The largest absolute Gasteiger partial charge is 0.394 e. The van der Waals surface area contributed by atoms with Crippen LogP contribution in [-0.4, -0.2) is 101 Å². The molecule has 0 aliphatic carbocycles. The van der Waals surface area contributed by atoms with E-state index in [4.69, 9.17) is 5.73 Å². The van der Waals surface area contributed by atoms with Crippen molar-refractivity contribution in [1.82, 2.24) is 31.9 Å². The second-order valence-corrected chi connectivity index (χ2v) is 11.5. The molecule has 16 heteroatoms. The SMILES string of the molecule is CC(=O)N[C@@H](CO)C(=O)N[C@H](C(=O)N[C@H](C(=O)N[C@H](C(=O)N[C@@H](C)C(=O)N[C@H](C(N)=O)[C@@H](C)O)C(C)C)C(C)C)C(C)C. The topological polar surface area (TPSA) is 258 Å². The van der Waals surface area contributed by atoms with Crippen LogP contribution in [0.3, 0.4) is 0 Å². The highest BCUT2D eigenvalue weighted by Gasteiger charge is 2.35. The van der Waals surface area contributed by atoms with Crippen LogP contribution < -0.4 is 37.6 Å². The predicted octanol–water partition coefficient (Wildman–Crippen LogP) is -3.24. The van der Waals surface area contributed by atoms with E-state index in [1.807, 2.05) is 0 Å². The lowest BCUT2D eigenvalue weighted by atomic mass is 9.97. The van der Waals surface area contributed by atoms with Crippen molar-refractivity contribution < 1.29 is 43.8 Å². The first-order valence-electron chi connectivity index (χ1n) is 14.1. The molecule has 0 aromatic heterocycles. The Hall–Kier alpha value is -3.79. The van der Waals surface area contributed by atoms with Crippen LogP contribution in [0.1, 0.15) is 62.3 Å². The van der Waals surface area contributed by atoms with Crippen molar-refractivity contribution in [3.63, 3.8) is 0 Å². The summed E-state index contributed by atoms with van der Waals surface area (Å²) < 4.78 is 0. The molecular formula is C27H49N7O9. The fourth-order valence-corrected chi connectivity index (χ4v) is 3.86. The maximum absolute atomic E-state index is 13.3. The molecule has 7 atom stereocenters. The van der Waals surface area contributed by atoms with Gasteiger partial charge in [-0.05, 0) is 31.6 Å². The molecule has 0 aliphatic heterocycles. The second kappa shape index (κ2) is 18.0. The summed E-state index contributed by atoms with van der Waals surface area (Å²) in [6.07, 6.45) is -1.27. The zero-order valence-electron chi connectivity index (χ0n) is 26.3. The molecule has 0 saturated heterocycles. The van der Waals surface area contributed by atoms with E-state index in [0.29, 0.717) is 0 Å². The minimum absolute atomic E-state index is 0.443. The zero-order chi connectivity index (χ0) is 33.8. The Kier molecular flexibility index (Phi) is 16.4. The van der Waals surface area contributed by atoms with E-state index < -0.39 is 108 Å². The molecule has 16 nitrogen and oxygen atoms in total. The van der Waals surface area contributed by atoms with Gasteiger partial charge in [0.2, 0.25) is 41.4 Å². The maximum Gasteiger partial charge on any atom is 0.245 e. The monoisotopic (exact) mass is 615 g/mol. The van der Waals surface area contributed by atoms with Crippen LogP contribution in [0.5, 0.6) is 0 Å². The molecule has 0 aromatic rings. The third kappa shape index (κ3) is 12.9. The Balaban J connectivity index is 5.67. The average molecular weight is 616 g/mol. The van der Waals surface area contributed by atoms with Crippen molar-refractivity contribution in [2.45, 2.75) is 105 Å². The van der Waals surface area contributed by atoms with Crippen LogP contribution in [0.25, 0.3) is 0 Å². The Morgan fingerprint density at radius 1 is 0.558 bits per heavy atom. The molecule has 0 radical (unpaired) electrons. The zero-order valence-corrected chi connectivity index (χ0v) is 26.3. The lowest BCUT2D eigenvalue weighted by Crippen LogP contribution is -2.62. The summed E-state index contributed by atoms with van der Waals surface area (Å²) in [5.74, 6) is -6.55. The predicted molar refractivity (Wildman–Crippen MR) is 155 cm³/mol. The van der Waals surface area contributed by atoms with Crippen LogP contribution in [0.4, 0.5) is 0 Å². The summed E-state index contributed by atoms with van der Waals surface area (Å²) in [5, 5.41) is 33.8. The van der Waals surface area contributed by atoms with E-state index in [2.05, 4.69) is 31.9 Å². The van der Waals surface area contributed by atoms with E-state index in [0.717, 1.165) is 0 Å². The van der Waals surface area contributed by atoms with Gasteiger partial charge in [0.1, 0.15) is 36.3 Å². The number of hydrogen-bond acceptors (Lipinski definition) is 9. The smallest absolute Gasteiger partial charge is 0.245 e. The van der Waals surface area contributed by atoms with Crippen molar-refractivity contribution in [3.05, 3.63) is 0 Å². The molecule has 43 heavy (non-hydrogen) atoms. The standard InChI is InChI=1S/C27H49N7O9/c1-11(2)18(25(41)29-14(7)23(39)34-21(15(8)36)22(28)38)32-27(43)20(13(5)6)33-26(42)19(12(3)4)31-24(40)17(10-35)30-16(9)37/h11-15,17-21,35-36H,10H2,1-9H3,(H2,28,38)(H,29,41)(H,30,37)(H,31,40)(H,32,43)(H,33,42)(H,34,39)/t14-,15+,17-,18-,19-,20-,21-/m0/s1. The Morgan fingerprint density at radius 2 is 0.907 bits per heavy atom.